The summed E-state index contributed by atoms with van der Waals surface area (Å²) in [6.07, 6.45) is 3.47. The molecule has 0 aromatic heterocycles. The van der Waals surface area contributed by atoms with E-state index in [1.807, 2.05) is 0 Å². The summed E-state index contributed by atoms with van der Waals surface area (Å²) in [5.41, 5.74) is 5.32. The molecule has 2 atom stereocenters. The second-order valence-electron chi connectivity index (χ2n) is 4.00. The van der Waals surface area contributed by atoms with E-state index in [1.54, 1.807) is 11.8 Å². The summed E-state index contributed by atoms with van der Waals surface area (Å²) in [7, 11) is 0. The van der Waals surface area contributed by atoms with Crippen molar-refractivity contribution in [2.75, 3.05) is 11.5 Å². The molecule has 0 spiro atoms. The van der Waals surface area contributed by atoms with E-state index >= 15 is 0 Å². The maximum Gasteiger partial charge on any atom is 0.311 e. The molecular weight excluding hydrogens is 198 g/mol. The highest BCUT2D eigenvalue weighted by atomic mass is 32.2. The number of carboxylic acid groups (broad SMARTS) is 1. The van der Waals surface area contributed by atoms with Crippen molar-refractivity contribution in [1.82, 2.24) is 0 Å². The molecule has 0 aromatic rings. The molecule has 3 nitrogen and oxygen atoms in total. The summed E-state index contributed by atoms with van der Waals surface area (Å²) in [6.45, 7) is 2.08. The van der Waals surface area contributed by atoms with Crippen LogP contribution in [0.4, 0.5) is 0 Å². The largest absolute Gasteiger partial charge is 0.481 e. The second kappa shape index (κ2) is 5.03. The minimum atomic E-state index is -0.696. The van der Waals surface area contributed by atoms with Gasteiger partial charge >= 0.3 is 5.97 Å². The monoisotopic (exact) mass is 217 g/mol. The Morgan fingerprint density at radius 2 is 2.43 bits per heavy atom. The molecule has 4 heteroatoms. The Kier molecular flexibility index (Phi) is 4.26. The zero-order valence-electron chi connectivity index (χ0n) is 8.66. The van der Waals surface area contributed by atoms with E-state index in [-0.39, 0.29) is 6.04 Å². The molecule has 1 fully saturated rings. The van der Waals surface area contributed by atoms with Gasteiger partial charge < -0.3 is 10.8 Å². The van der Waals surface area contributed by atoms with Crippen molar-refractivity contribution >= 4 is 17.7 Å². The molecule has 1 aliphatic rings. The quantitative estimate of drug-likeness (QED) is 0.752. The highest BCUT2D eigenvalue weighted by Gasteiger charge is 2.45. The third kappa shape index (κ3) is 2.23. The van der Waals surface area contributed by atoms with Crippen LogP contribution in [-0.2, 0) is 4.79 Å². The number of thioether (sulfide) groups is 1. The average Bonchev–Trinajstić information content (AvgIpc) is 2.16. The summed E-state index contributed by atoms with van der Waals surface area (Å²) >= 11 is 1.77. The van der Waals surface area contributed by atoms with Crippen LogP contribution >= 0.6 is 11.8 Å². The molecular formula is C10H19NO2S. The molecule has 0 aromatic carbocycles. The minimum Gasteiger partial charge on any atom is -0.481 e. The molecule has 1 aliphatic heterocycles. The van der Waals surface area contributed by atoms with Crippen LogP contribution in [0.2, 0.25) is 0 Å². The molecule has 0 amide bonds. The van der Waals surface area contributed by atoms with Gasteiger partial charge in [-0.15, -0.1) is 0 Å². The molecule has 2 unspecified atom stereocenters. The van der Waals surface area contributed by atoms with Crippen LogP contribution in [0.25, 0.3) is 0 Å². The third-order valence-corrected chi connectivity index (χ3v) is 4.19. The number of aliphatic carboxylic acids is 1. The first-order chi connectivity index (χ1) is 6.63. The van der Waals surface area contributed by atoms with Crippen molar-refractivity contribution in [3.8, 4) is 0 Å². The van der Waals surface area contributed by atoms with Crippen LogP contribution in [0.15, 0.2) is 0 Å². The average molecular weight is 217 g/mol. The summed E-state index contributed by atoms with van der Waals surface area (Å²) in [5.74, 6) is 1.03. The van der Waals surface area contributed by atoms with Crippen molar-refractivity contribution in [3.05, 3.63) is 0 Å². The summed E-state index contributed by atoms with van der Waals surface area (Å²) in [6, 6.07) is -0.176. The number of rotatable bonds is 4. The van der Waals surface area contributed by atoms with Gasteiger partial charge in [-0.05, 0) is 18.6 Å². The van der Waals surface area contributed by atoms with Crippen molar-refractivity contribution in [1.29, 1.82) is 0 Å². The maximum absolute atomic E-state index is 11.3. The molecule has 0 saturated carbocycles. The van der Waals surface area contributed by atoms with Crippen molar-refractivity contribution in [3.63, 3.8) is 0 Å². The number of carboxylic acids is 1. The fourth-order valence-corrected chi connectivity index (χ4v) is 3.23. The Labute approximate surface area is 89.4 Å². The summed E-state index contributed by atoms with van der Waals surface area (Å²) in [5, 5.41) is 9.30. The molecule has 1 rings (SSSR count). The summed E-state index contributed by atoms with van der Waals surface area (Å²) in [4.78, 5) is 11.3. The first-order valence-electron chi connectivity index (χ1n) is 5.20. The van der Waals surface area contributed by atoms with Crippen molar-refractivity contribution < 1.29 is 9.90 Å². The predicted octanol–water partition coefficient (Wildman–Crippen LogP) is 1.71. The predicted molar refractivity (Wildman–Crippen MR) is 59.5 cm³/mol. The second-order valence-corrected chi connectivity index (χ2v) is 5.15. The zero-order valence-corrected chi connectivity index (χ0v) is 9.48. The molecule has 1 heterocycles. The van der Waals surface area contributed by atoms with Gasteiger partial charge in [0.1, 0.15) is 0 Å². The highest BCUT2D eigenvalue weighted by molar-refractivity contribution is 7.99. The lowest BCUT2D eigenvalue weighted by Crippen LogP contribution is -2.51. The Balaban J connectivity index is 2.72. The van der Waals surface area contributed by atoms with Gasteiger partial charge in [0.05, 0.1) is 5.41 Å². The van der Waals surface area contributed by atoms with Crippen LogP contribution in [0.5, 0.6) is 0 Å². The lowest BCUT2D eigenvalue weighted by Gasteiger charge is -2.38. The molecule has 3 N–H and O–H groups in total. The lowest BCUT2D eigenvalue weighted by atomic mass is 9.74. The topological polar surface area (TPSA) is 63.3 Å². The van der Waals surface area contributed by atoms with E-state index in [4.69, 9.17) is 5.73 Å². The SMILES string of the molecule is CCCCC1(C(=O)O)CCSCC1N. The highest BCUT2D eigenvalue weighted by Crippen LogP contribution is 2.38. The zero-order chi connectivity index (χ0) is 10.6. The van der Waals surface area contributed by atoms with E-state index in [9.17, 15) is 9.90 Å². The molecule has 14 heavy (non-hydrogen) atoms. The maximum atomic E-state index is 11.3. The van der Waals surface area contributed by atoms with E-state index in [2.05, 4.69) is 6.92 Å². The van der Waals surface area contributed by atoms with Gasteiger partial charge in [-0.1, -0.05) is 19.8 Å². The third-order valence-electron chi connectivity index (χ3n) is 3.10. The van der Waals surface area contributed by atoms with Crippen molar-refractivity contribution in [2.45, 2.75) is 38.6 Å². The lowest BCUT2D eigenvalue weighted by molar-refractivity contribution is -0.151. The first kappa shape index (κ1) is 11.9. The van der Waals surface area contributed by atoms with Crippen LogP contribution in [0, 0.1) is 5.41 Å². The Morgan fingerprint density at radius 3 is 2.93 bits per heavy atom. The Hall–Kier alpha value is -0.220. The normalized spacial score (nSPS) is 32.9. The summed E-state index contributed by atoms with van der Waals surface area (Å²) < 4.78 is 0. The van der Waals surface area contributed by atoms with Gasteiger partial charge in [0.25, 0.3) is 0 Å². The van der Waals surface area contributed by atoms with Gasteiger partial charge in [0.15, 0.2) is 0 Å². The Bertz CT molecular complexity index is 210. The number of unbranched alkanes of at least 4 members (excludes halogenated alkanes) is 1. The van der Waals surface area contributed by atoms with E-state index in [1.165, 1.54) is 0 Å². The van der Waals surface area contributed by atoms with Crippen LogP contribution < -0.4 is 5.73 Å². The molecule has 82 valence electrons. The molecule has 0 aliphatic carbocycles. The molecule has 0 radical (unpaired) electrons. The number of carbonyl (C=O) groups is 1. The molecule has 0 bridgehead atoms. The number of nitrogens with two attached hydrogens (primary N) is 1. The van der Waals surface area contributed by atoms with Crippen molar-refractivity contribution in [2.24, 2.45) is 11.1 Å². The fourth-order valence-electron chi connectivity index (χ4n) is 1.98. The first-order valence-corrected chi connectivity index (χ1v) is 6.35. The van der Waals surface area contributed by atoms with Gasteiger partial charge in [-0.3, -0.25) is 4.79 Å². The van der Waals surface area contributed by atoms with Crippen LogP contribution in [0.3, 0.4) is 0 Å². The van der Waals surface area contributed by atoms with Gasteiger partial charge in [0, 0.05) is 11.8 Å². The number of hydrogen-bond acceptors (Lipinski definition) is 3. The van der Waals surface area contributed by atoms with E-state index in [0.717, 1.165) is 37.2 Å². The van der Waals surface area contributed by atoms with Crippen LogP contribution in [0.1, 0.15) is 32.6 Å². The van der Waals surface area contributed by atoms with Crippen LogP contribution in [-0.4, -0.2) is 28.6 Å². The van der Waals surface area contributed by atoms with Gasteiger partial charge in [-0.25, -0.2) is 0 Å². The standard InChI is InChI=1S/C10H19NO2S/c1-2-3-4-10(9(12)13)5-6-14-7-8(10)11/h8H,2-7,11H2,1H3,(H,12,13). The Morgan fingerprint density at radius 1 is 1.71 bits per heavy atom. The van der Waals surface area contributed by atoms with E-state index < -0.39 is 11.4 Å². The van der Waals surface area contributed by atoms with Gasteiger partial charge in [0.2, 0.25) is 0 Å². The minimum absolute atomic E-state index is 0.176. The smallest absolute Gasteiger partial charge is 0.311 e. The number of hydrogen-bond donors (Lipinski definition) is 2. The molecule has 1 saturated heterocycles. The van der Waals surface area contributed by atoms with E-state index in [0.29, 0.717) is 0 Å². The fraction of sp³-hybridized carbons (Fsp3) is 0.900. The van der Waals surface area contributed by atoms with Gasteiger partial charge in [-0.2, -0.15) is 11.8 Å².